The summed E-state index contributed by atoms with van der Waals surface area (Å²) in [6.45, 7) is 0.582. The minimum Gasteiger partial charge on any atom is -0.492 e. The van der Waals surface area contributed by atoms with Crippen LogP contribution in [0.4, 0.5) is 10.7 Å². The molecular formula is C14H15BrN2O3S. The molecule has 0 aliphatic carbocycles. The highest BCUT2D eigenvalue weighted by atomic mass is 79.9. The molecule has 112 valence electrons. The predicted octanol–water partition coefficient (Wildman–Crippen LogP) is 3.50. The maximum absolute atomic E-state index is 11.7. The Hall–Kier alpha value is -1.73. The SMILES string of the molecule is COC(=O)c1sc(NCc2ccccc2Br)c(OC)c1N. The lowest BCUT2D eigenvalue weighted by Gasteiger charge is -2.08. The second kappa shape index (κ2) is 6.82. The van der Waals surface area contributed by atoms with Crippen LogP contribution in [-0.2, 0) is 11.3 Å². The minimum atomic E-state index is -0.468. The minimum absolute atomic E-state index is 0.295. The predicted molar refractivity (Wildman–Crippen MR) is 88.1 cm³/mol. The van der Waals surface area contributed by atoms with Crippen molar-refractivity contribution in [3.8, 4) is 5.75 Å². The number of hydrogen-bond donors (Lipinski definition) is 2. The number of methoxy groups -OCH3 is 2. The van der Waals surface area contributed by atoms with Gasteiger partial charge in [0.25, 0.3) is 0 Å². The number of hydrogen-bond acceptors (Lipinski definition) is 6. The zero-order valence-corrected chi connectivity index (χ0v) is 14.0. The van der Waals surface area contributed by atoms with Crippen molar-refractivity contribution in [2.75, 3.05) is 25.3 Å². The summed E-state index contributed by atoms with van der Waals surface area (Å²) < 4.78 is 11.0. The van der Waals surface area contributed by atoms with Gasteiger partial charge in [-0.2, -0.15) is 0 Å². The highest BCUT2D eigenvalue weighted by Gasteiger charge is 2.22. The van der Waals surface area contributed by atoms with Crippen LogP contribution in [0.1, 0.15) is 15.2 Å². The number of benzene rings is 1. The molecule has 21 heavy (non-hydrogen) atoms. The Balaban J connectivity index is 2.24. The van der Waals surface area contributed by atoms with Crippen molar-refractivity contribution in [2.24, 2.45) is 0 Å². The van der Waals surface area contributed by atoms with Crippen LogP contribution in [0.3, 0.4) is 0 Å². The quantitative estimate of drug-likeness (QED) is 0.787. The largest absolute Gasteiger partial charge is 0.492 e. The number of rotatable bonds is 5. The molecule has 0 aliphatic rings. The first-order valence-electron chi connectivity index (χ1n) is 6.10. The first-order valence-corrected chi connectivity index (χ1v) is 7.71. The van der Waals surface area contributed by atoms with Crippen molar-refractivity contribution < 1.29 is 14.3 Å². The Morgan fingerprint density at radius 1 is 1.38 bits per heavy atom. The number of nitrogens with two attached hydrogens (primary N) is 1. The molecule has 0 bridgehead atoms. The van der Waals surface area contributed by atoms with Gasteiger partial charge in [0.05, 0.1) is 14.2 Å². The summed E-state index contributed by atoms with van der Waals surface area (Å²) in [4.78, 5) is 12.0. The number of anilines is 2. The van der Waals surface area contributed by atoms with E-state index in [9.17, 15) is 4.79 Å². The van der Waals surface area contributed by atoms with Gasteiger partial charge < -0.3 is 20.5 Å². The van der Waals surface area contributed by atoms with E-state index in [-0.39, 0.29) is 0 Å². The standard InChI is InChI=1S/C14H15BrN2O3S/c1-19-11-10(16)12(14(18)20-2)21-13(11)17-7-8-5-3-4-6-9(8)15/h3-6,17H,7,16H2,1-2H3. The molecule has 5 nitrogen and oxygen atoms in total. The van der Waals surface area contributed by atoms with E-state index in [0.29, 0.717) is 27.9 Å². The summed E-state index contributed by atoms with van der Waals surface area (Å²) in [5.41, 5.74) is 7.31. The molecule has 1 aromatic carbocycles. The van der Waals surface area contributed by atoms with Crippen molar-refractivity contribution >= 4 is 43.9 Å². The van der Waals surface area contributed by atoms with E-state index < -0.39 is 5.97 Å². The van der Waals surface area contributed by atoms with E-state index in [0.717, 1.165) is 10.0 Å². The fraction of sp³-hybridized carbons (Fsp3) is 0.214. The molecule has 0 spiro atoms. The highest BCUT2D eigenvalue weighted by molar-refractivity contribution is 9.10. The lowest BCUT2D eigenvalue weighted by Crippen LogP contribution is -2.02. The molecule has 0 unspecified atom stereocenters. The summed E-state index contributed by atoms with van der Waals surface area (Å²) in [6, 6.07) is 7.88. The number of esters is 1. The van der Waals surface area contributed by atoms with Gasteiger partial charge in [0.2, 0.25) is 0 Å². The van der Waals surface area contributed by atoms with Gasteiger partial charge in [0.1, 0.15) is 15.6 Å². The Bertz CT molecular complexity index is 658. The number of thiophene rings is 1. The third kappa shape index (κ3) is 3.30. The Kier molecular flexibility index (Phi) is 5.08. The van der Waals surface area contributed by atoms with Gasteiger partial charge in [-0.05, 0) is 11.6 Å². The lowest BCUT2D eigenvalue weighted by atomic mass is 10.2. The van der Waals surface area contributed by atoms with Crippen molar-refractivity contribution in [3.05, 3.63) is 39.2 Å². The molecule has 0 atom stereocenters. The van der Waals surface area contributed by atoms with Crippen LogP contribution >= 0.6 is 27.3 Å². The van der Waals surface area contributed by atoms with Crippen molar-refractivity contribution in [2.45, 2.75) is 6.54 Å². The molecule has 7 heteroatoms. The molecule has 2 rings (SSSR count). The van der Waals surface area contributed by atoms with Crippen LogP contribution in [-0.4, -0.2) is 20.2 Å². The molecule has 0 saturated carbocycles. The zero-order chi connectivity index (χ0) is 15.4. The van der Waals surface area contributed by atoms with E-state index >= 15 is 0 Å². The van der Waals surface area contributed by atoms with Gasteiger partial charge in [0.15, 0.2) is 5.75 Å². The molecule has 0 radical (unpaired) electrons. The fourth-order valence-electron chi connectivity index (χ4n) is 1.81. The van der Waals surface area contributed by atoms with Gasteiger partial charge in [0, 0.05) is 11.0 Å². The van der Waals surface area contributed by atoms with Crippen LogP contribution in [0.15, 0.2) is 28.7 Å². The maximum atomic E-state index is 11.7. The third-order valence-corrected chi connectivity index (χ3v) is 4.77. The Morgan fingerprint density at radius 2 is 2.10 bits per heavy atom. The lowest BCUT2D eigenvalue weighted by molar-refractivity contribution is 0.0607. The highest BCUT2D eigenvalue weighted by Crippen LogP contribution is 2.43. The van der Waals surface area contributed by atoms with Gasteiger partial charge >= 0.3 is 5.97 Å². The number of nitrogen functional groups attached to an aromatic ring is 1. The number of carbonyl (C=O) groups excluding carboxylic acids is 1. The average Bonchev–Trinajstić information content (AvgIpc) is 2.81. The molecule has 1 aromatic heterocycles. The van der Waals surface area contributed by atoms with E-state index in [1.54, 1.807) is 0 Å². The van der Waals surface area contributed by atoms with Crippen LogP contribution in [0.25, 0.3) is 0 Å². The third-order valence-electron chi connectivity index (χ3n) is 2.87. The number of halogens is 1. The normalized spacial score (nSPS) is 10.2. The van der Waals surface area contributed by atoms with Crippen molar-refractivity contribution in [1.82, 2.24) is 0 Å². The smallest absolute Gasteiger partial charge is 0.350 e. The van der Waals surface area contributed by atoms with Crippen LogP contribution in [0.2, 0.25) is 0 Å². The molecular weight excluding hydrogens is 356 g/mol. The number of carbonyl (C=O) groups is 1. The number of ether oxygens (including phenoxy) is 2. The number of nitrogens with one attached hydrogen (secondary N) is 1. The van der Waals surface area contributed by atoms with E-state index in [4.69, 9.17) is 15.2 Å². The van der Waals surface area contributed by atoms with E-state index in [1.807, 2.05) is 24.3 Å². The first-order chi connectivity index (χ1) is 10.1. The summed E-state index contributed by atoms with van der Waals surface area (Å²) >= 11 is 4.71. The summed E-state index contributed by atoms with van der Waals surface area (Å²) in [6.07, 6.45) is 0. The van der Waals surface area contributed by atoms with Crippen LogP contribution in [0, 0.1) is 0 Å². The monoisotopic (exact) mass is 370 g/mol. The molecule has 0 fully saturated rings. The fourth-order valence-corrected chi connectivity index (χ4v) is 3.24. The van der Waals surface area contributed by atoms with Gasteiger partial charge in [-0.15, -0.1) is 11.3 Å². The van der Waals surface area contributed by atoms with Crippen molar-refractivity contribution in [3.63, 3.8) is 0 Å². The van der Waals surface area contributed by atoms with Crippen molar-refractivity contribution in [1.29, 1.82) is 0 Å². The summed E-state index contributed by atoms with van der Waals surface area (Å²) in [7, 11) is 2.84. The van der Waals surface area contributed by atoms with Gasteiger partial charge in [-0.3, -0.25) is 0 Å². The van der Waals surface area contributed by atoms with Gasteiger partial charge in [-0.1, -0.05) is 34.1 Å². The molecule has 2 aromatic rings. The molecule has 0 saturated heterocycles. The summed E-state index contributed by atoms with van der Waals surface area (Å²) in [5, 5.41) is 3.94. The molecule has 3 N–H and O–H groups in total. The van der Waals surface area contributed by atoms with Crippen LogP contribution in [0.5, 0.6) is 5.75 Å². The Labute approximate surface area is 135 Å². The van der Waals surface area contributed by atoms with E-state index in [2.05, 4.69) is 21.2 Å². The average molecular weight is 371 g/mol. The van der Waals surface area contributed by atoms with Crippen LogP contribution < -0.4 is 15.8 Å². The second-order valence-electron chi connectivity index (χ2n) is 4.14. The second-order valence-corrected chi connectivity index (χ2v) is 6.02. The topological polar surface area (TPSA) is 73.6 Å². The van der Waals surface area contributed by atoms with Gasteiger partial charge in [-0.25, -0.2) is 4.79 Å². The summed E-state index contributed by atoms with van der Waals surface area (Å²) in [5.74, 6) is -0.00260. The first kappa shape index (κ1) is 15.7. The molecule has 0 aliphatic heterocycles. The maximum Gasteiger partial charge on any atom is 0.350 e. The molecule has 1 heterocycles. The Morgan fingerprint density at radius 3 is 2.71 bits per heavy atom. The molecule has 0 amide bonds. The van der Waals surface area contributed by atoms with E-state index in [1.165, 1.54) is 25.6 Å². The zero-order valence-electron chi connectivity index (χ0n) is 11.6.